The highest BCUT2D eigenvalue weighted by atomic mass is 32.2. The topological polar surface area (TPSA) is 130 Å². The number of aryl methyl sites for hydroxylation is 2. The molecule has 2 aromatic heterocycles. The molecule has 35 heavy (non-hydrogen) atoms. The van der Waals surface area contributed by atoms with E-state index >= 15 is 0 Å². The summed E-state index contributed by atoms with van der Waals surface area (Å²) in [6.45, 7) is 1.11. The van der Waals surface area contributed by atoms with E-state index in [0.29, 0.717) is 38.8 Å². The molecule has 2 N–H and O–H groups in total. The van der Waals surface area contributed by atoms with Gasteiger partial charge in [-0.2, -0.15) is 16.8 Å². The van der Waals surface area contributed by atoms with E-state index in [2.05, 4.69) is 9.13 Å². The molecule has 2 heterocycles. The van der Waals surface area contributed by atoms with Crippen LogP contribution in [0.15, 0.2) is 53.5 Å². The summed E-state index contributed by atoms with van der Waals surface area (Å²) in [5.74, 6) is -0.552. The number of hydrogen-bond acceptors (Lipinski definition) is 7. The van der Waals surface area contributed by atoms with E-state index in [4.69, 9.17) is 14.1 Å². The van der Waals surface area contributed by atoms with Gasteiger partial charge >= 0.3 is 9.93 Å². The van der Waals surface area contributed by atoms with Crippen LogP contribution in [0, 0.1) is 0 Å². The monoisotopic (exact) mass is 556 g/mol. The highest BCUT2D eigenvalue weighted by Crippen LogP contribution is 2.27. The summed E-state index contributed by atoms with van der Waals surface area (Å²) in [7, 11) is -7.98. The highest BCUT2D eigenvalue weighted by Gasteiger charge is 2.20. The molecule has 9 nitrogen and oxygen atoms in total. The molecular formula is C22H26N3O6S4+. The van der Waals surface area contributed by atoms with Crippen LogP contribution >= 0.6 is 22.7 Å². The van der Waals surface area contributed by atoms with Crippen LogP contribution in [0.1, 0.15) is 25.7 Å². The molecule has 0 fully saturated rings. The summed E-state index contributed by atoms with van der Waals surface area (Å²) >= 11 is 3.08. The first-order valence-electron chi connectivity index (χ1n) is 11.1. The number of nitrogens with zero attached hydrogens (tertiary/aromatic N) is 3. The van der Waals surface area contributed by atoms with Crippen molar-refractivity contribution in [3.8, 4) is 0 Å². The predicted octanol–water partition coefficient (Wildman–Crippen LogP) is 3.77. The Morgan fingerprint density at radius 3 is 2.14 bits per heavy atom. The van der Waals surface area contributed by atoms with Gasteiger partial charge in [0.25, 0.3) is 20.2 Å². The van der Waals surface area contributed by atoms with Gasteiger partial charge < -0.3 is 0 Å². The number of aromatic nitrogens is 2. The van der Waals surface area contributed by atoms with E-state index in [1.165, 1.54) is 0 Å². The second kappa shape index (κ2) is 10.8. The molecule has 0 saturated heterocycles. The van der Waals surface area contributed by atoms with Gasteiger partial charge in [0.15, 0.2) is 0 Å². The van der Waals surface area contributed by atoms with Gasteiger partial charge in [-0.05, 0) is 61.3 Å². The first kappa shape index (κ1) is 25.9. The Morgan fingerprint density at radius 2 is 1.43 bits per heavy atom. The number of unbranched alkanes of at least 4 members (excludes halogenated alkanes) is 2. The number of fused-ring (bicyclic) bond motifs is 2. The molecule has 0 amide bonds. The number of thiazole rings is 2. The summed E-state index contributed by atoms with van der Waals surface area (Å²) < 4.78 is 68.6. The minimum absolute atomic E-state index is 0.276. The Morgan fingerprint density at radius 1 is 0.800 bits per heavy atom. The quantitative estimate of drug-likeness (QED) is 0.164. The van der Waals surface area contributed by atoms with E-state index < -0.39 is 20.2 Å². The Kier molecular flexibility index (Phi) is 8.03. The average Bonchev–Trinajstić information content (AvgIpc) is 3.30. The van der Waals surface area contributed by atoms with Crippen LogP contribution in [-0.2, 0) is 33.3 Å². The molecule has 0 aliphatic carbocycles. The van der Waals surface area contributed by atoms with Crippen LogP contribution in [0.4, 0.5) is 5.13 Å². The predicted molar refractivity (Wildman–Crippen MR) is 138 cm³/mol. The summed E-state index contributed by atoms with van der Waals surface area (Å²) in [6.07, 6.45) is 1.81. The molecule has 4 aromatic rings. The van der Waals surface area contributed by atoms with Crippen molar-refractivity contribution in [1.82, 2.24) is 4.57 Å². The Balaban J connectivity index is 1.70. The largest absolute Gasteiger partial charge is 0.386 e. The molecule has 2 aromatic carbocycles. The fourth-order valence-electron chi connectivity index (χ4n) is 3.84. The van der Waals surface area contributed by atoms with Crippen LogP contribution < -0.4 is 9.37 Å². The van der Waals surface area contributed by atoms with Gasteiger partial charge in [0.05, 0.1) is 33.0 Å². The van der Waals surface area contributed by atoms with Crippen molar-refractivity contribution in [2.75, 3.05) is 11.5 Å². The number of hydrogen-bond donors (Lipinski definition) is 2. The van der Waals surface area contributed by atoms with Gasteiger partial charge in [-0.1, -0.05) is 35.6 Å². The normalized spacial score (nSPS) is 13.3. The summed E-state index contributed by atoms with van der Waals surface area (Å²) in [5.41, 5.74) is 2.01. The van der Waals surface area contributed by atoms with Crippen LogP contribution in [0.3, 0.4) is 0 Å². The molecule has 0 radical (unpaired) electrons. The maximum atomic E-state index is 11.1. The highest BCUT2D eigenvalue weighted by molar-refractivity contribution is 7.86. The number of para-hydroxylation sites is 2. The fraction of sp³-hybridized carbons (Fsp3) is 0.364. The molecule has 0 aliphatic rings. The van der Waals surface area contributed by atoms with Gasteiger partial charge in [0.2, 0.25) is 0 Å². The van der Waals surface area contributed by atoms with Crippen molar-refractivity contribution < 1.29 is 30.5 Å². The van der Waals surface area contributed by atoms with Gasteiger partial charge in [-0.25, -0.2) is 4.57 Å². The first-order chi connectivity index (χ1) is 16.6. The molecule has 0 unspecified atom stereocenters. The van der Waals surface area contributed by atoms with Gasteiger partial charge in [0, 0.05) is 11.5 Å². The van der Waals surface area contributed by atoms with E-state index in [1.807, 2.05) is 48.5 Å². The van der Waals surface area contributed by atoms with Crippen LogP contribution in [0.5, 0.6) is 0 Å². The second-order valence-electron chi connectivity index (χ2n) is 8.11. The maximum Gasteiger partial charge on any atom is 0.386 e. The zero-order chi connectivity index (χ0) is 25.1. The SMILES string of the molecule is O=S(=O)(O)CCCCn1c(=Nc2sc3ccccc3[n+]2CCCCS(=O)(=O)O)sc2ccccc21. The molecule has 188 valence electrons. The Hall–Kier alpha value is -2.16. The van der Waals surface area contributed by atoms with Crippen molar-refractivity contribution in [2.24, 2.45) is 4.99 Å². The third kappa shape index (κ3) is 6.96. The van der Waals surface area contributed by atoms with Crippen LogP contribution in [0.2, 0.25) is 0 Å². The summed E-state index contributed by atoms with van der Waals surface area (Å²) in [4.78, 5) is 5.77. The molecular weight excluding hydrogens is 531 g/mol. The van der Waals surface area contributed by atoms with E-state index in [0.717, 1.165) is 30.4 Å². The minimum Gasteiger partial charge on any atom is -0.295 e. The smallest absolute Gasteiger partial charge is 0.295 e. The molecule has 13 heteroatoms. The molecule has 0 aliphatic heterocycles. The lowest BCUT2D eigenvalue weighted by Crippen LogP contribution is -2.33. The Bertz CT molecular complexity index is 1620. The van der Waals surface area contributed by atoms with Crippen molar-refractivity contribution >= 4 is 68.5 Å². The minimum atomic E-state index is -3.99. The molecule has 0 atom stereocenters. The van der Waals surface area contributed by atoms with Crippen molar-refractivity contribution in [3.05, 3.63) is 53.3 Å². The van der Waals surface area contributed by atoms with Crippen LogP contribution in [0.25, 0.3) is 20.4 Å². The van der Waals surface area contributed by atoms with E-state index in [1.54, 1.807) is 22.7 Å². The summed E-state index contributed by atoms with van der Waals surface area (Å²) in [5, 5.41) is 0.774. The molecule has 0 saturated carbocycles. The molecule has 0 spiro atoms. The van der Waals surface area contributed by atoms with Gasteiger partial charge in [-0.3, -0.25) is 13.7 Å². The first-order valence-corrected chi connectivity index (χ1v) is 15.9. The zero-order valence-corrected chi connectivity index (χ0v) is 22.0. The van der Waals surface area contributed by atoms with Crippen molar-refractivity contribution in [1.29, 1.82) is 0 Å². The second-order valence-corrected chi connectivity index (χ2v) is 13.3. The lowest BCUT2D eigenvalue weighted by Gasteiger charge is -2.03. The third-order valence-electron chi connectivity index (χ3n) is 5.44. The van der Waals surface area contributed by atoms with E-state index in [-0.39, 0.29) is 11.5 Å². The average molecular weight is 557 g/mol. The lowest BCUT2D eigenvalue weighted by molar-refractivity contribution is -0.655. The van der Waals surface area contributed by atoms with Crippen LogP contribution in [-0.4, -0.2) is 42.0 Å². The van der Waals surface area contributed by atoms with Crippen molar-refractivity contribution in [3.63, 3.8) is 0 Å². The molecule has 4 rings (SSSR count). The number of rotatable bonds is 11. The van der Waals surface area contributed by atoms with Gasteiger partial charge in [0.1, 0.15) is 5.52 Å². The van der Waals surface area contributed by atoms with E-state index in [9.17, 15) is 16.8 Å². The summed E-state index contributed by atoms with van der Waals surface area (Å²) in [6, 6.07) is 15.8. The maximum absolute atomic E-state index is 11.1. The Labute approximate surface area is 211 Å². The number of benzene rings is 2. The van der Waals surface area contributed by atoms with Gasteiger partial charge in [-0.15, -0.1) is 0 Å². The third-order valence-corrected chi connectivity index (χ3v) is 9.16. The zero-order valence-electron chi connectivity index (χ0n) is 18.8. The molecule has 0 bridgehead atoms. The fourth-order valence-corrected chi connectivity index (χ4v) is 7.15. The van der Waals surface area contributed by atoms with Crippen molar-refractivity contribution in [2.45, 2.75) is 38.8 Å². The standard InChI is InChI=1S/C22H25N3O6S4/c26-34(27,28)15-7-5-13-24-17-9-1-3-11-19(17)32-21(24)23-22-25(14-6-8-16-35(29,30)31)18-10-2-4-12-20(18)33-22/h1-4,9-12H,5-8,13-16H2,(H-,26,27,28,29,30,31)/p+1. The lowest BCUT2D eigenvalue weighted by atomic mass is 10.3.